The first-order chi connectivity index (χ1) is 5.43. The van der Waals surface area contributed by atoms with Crippen LogP contribution in [0, 0.1) is 0 Å². The molecule has 1 fully saturated rings. The average Bonchev–Trinajstić information content (AvgIpc) is 1.94. The van der Waals surface area contributed by atoms with Crippen molar-refractivity contribution in [3.05, 3.63) is 0 Å². The van der Waals surface area contributed by atoms with E-state index in [4.69, 9.17) is 4.74 Å². The van der Waals surface area contributed by atoms with Crippen molar-refractivity contribution in [3.8, 4) is 0 Å². The van der Waals surface area contributed by atoms with Gasteiger partial charge in [-0.05, 0) is 13.8 Å². The van der Waals surface area contributed by atoms with Gasteiger partial charge < -0.3 is 10.1 Å². The van der Waals surface area contributed by atoms with E-state index in [1.54, 1.807) is 13.8 Å². The molecule has 1 atom stereocenters. The number of hydrogen-bond acceptors (Lipinski definition) is 2. The van der Waals surface area contributed by atoms with Gasteiger partial charge in [0.15, 0.2) is 0 Å². The van der Waals surface area contributed by atoms with E-state index >= 15 is 0 Å². The molecule has 1 saturated heterocycles. The van der Waals surface area contributed by atoms with Gasteiger partial charge in [0.2, 0.25) is 0 Å². The Balaban J connectivity index is 2.58. The second-order valence-electron chi connectivity index (χ2n) is 3.24. The third kappa shape index (κ3) is 1.72. The maximum atomic E-state index is 12.1. The second-order valence-corrected chi connectivity index (χ2v) is 3.24. The number of halogens is 2. The summed E-state index contributed by atoms with van der Waals surface area (Å²) >= 11 is 0. The molecule has 0 aromatic rings. The van der Waals surface area contributed by atoms with E-state index in [2.05, 4.69) is 5.32 Å². The predicted octanol–water partition coefficient (Wildman–Crippen LogP) is 0.545. The summed E-state index contributed by atoms with van der Waals surface area (Å²) in [4.78, 5) is 11.1. The predicted molar refractivity (Wildman–Crippen MR) is 38.0 cm³/mol. The van der Waals surface area contributed by atoms with E-state index in [-0.39, 0.29) is 6.61 Å². The van der Waals surface area contributed by atoms with Gasteiger partial charge in [-0.3, -0.25) is 4.79 Å². The number of hydrogen-bond donors (Lipinski definition) is 1. The van der Waals surface area contributed by atoms with Crippen molar-refractivity contribution < 1.29 is 18.3 Å². The van der Waals surface area contributed by atoms with Crippen molar-refractivity contribution >= 4 is 5.91 Å². The van der Waals surface area contributed by atoms with E-state index < -0.39 is 24.0 Å². The van der Waals surface area contributed by atoms with Crippen LogP contribution in [0.1, 0.15) is 13.8 Å². The molecule has 1 rings (SSSR count). The Bertz CT molecular complexity index is 194. The molecule has 0 radical (unpaired) electrons. The van der Waals surface area contributed by atoms with Crippen molar-refractivity contribution in [1.82, 2.24) is 5.32 Å². The molecule has 0 aromatic carbocycles. The van der Waals surface area contributed by atoms with Crippen LogP contribution in [0.4, 0.5) is 8.78 Å². The molecule has 1 aliphatic heterocycles. The van der Waals surface area contributed by atoms with Crippen molar-refractivity contribution in [2.75, 3.05) is 6.61 Å². The molecule has 12 heavy (non-hydrogen) atoms. The third-order valence-electron chi connectivity index (χ3n) is 1.79. The Hall–Kier alpha value is -0.710. The first-order valence-corrected chi connectivity index (χ1v) is 3.66. The molecule has 0 bridgehead atoms. The van der Waals surface area contributed by atoms with E-state index in [1.165, 1.54) is 0 Å². The number of morpholine rings is 1. The minimum absolute atomic E-state index is 0.129. The molecule has 1 aliphatic rings. The summed E-state index contributed by atoms with van der Waals surface area (Å²) in [5.41, 5.74) is -0.981. The van der Waals surface area contributed by atoms with Crippen molar-refractivity contribution in [2.45, 2.75) is 31.9 Å². The van der Waals surface area contributed by atoms with E-state index in [0.29, 0.717) is 0 Å². The van der Waals surface area contributed by atoms with Crippen LogP contribution in [0.5, 0.6) is 0 Å². The molecule has 5 heteroatoms. The van der Waals surface area contributed by atoms with Gasteiger partial charge in [0, 0.05) is 0 Å². The molecule has 0 aliphatic carbocycles. The monoisotopic (exact) mass is 179 g/mol. The smallest absolute Gasteiger partial charge is 0.260 e. The lowest BCUT2D eigenvalue weighted by molar-refractivity contribution is -0.158. The highest BCUT2D eigenvalue weighted by Crippen LogP contribution is 2.17. The van der Waals surface area contributed by atoms with Gasteiger partial charge in [-0.2, -0.15) is 0 Å². The summed E-state index contributed by atoms with van der Waals surface area (Å²) in [5, 5.41) is 2.19. The summed E-state index contributed by atoms with van der Waals surface area (Å²) in [5.74, 6) is -0.487. The lowest BCUT2D eigenvalue weighted by Crippen LogP contribution is -2.58. The van der Waals surface area contributed by atoms with Crippen LogP contribution < -0.4 is 5.32 Å². The quantitative estimate of drug-likeness (QED) is 0.638. The van der Waals surface area contributed by atoms with E-state index in [1.807, 2.05) is 0 Å². The average molecular weight is 179 g/mol. The summed E-state index contributed by atoms with van der Waals surface area (Å²) in [7, 11) is 0. The second kappa shape index (κ2) is 2.97. The van der Waals surface area contributed by atoms with Crippen LogP contribution in [0.15, 0.2) is 0 Å². The number of amides is 1. The van der Waals surface area contributed by atoms with Crippen molar-refractivity contribution in [1.29, 1.82) is 0 Å². The first kappa shape index (κ1) is 9.38. The normalized spacial score (nSPS) is 28.8. The molecular weight excluding hydrogens is 168 g/mol. The Morgan fingerprint density at radius 1 is 1.67 bits per heavy atom. The fraction of sp³-hybridized carbons (Fsp3) is 0.857. The third-order valence-corrected chi connectivity index (χ3v) is 1.79. The molecular formula is C7H11F2NO2. The maximum absolute atomic E-state index is 12.1. The molecule has 1 N–H and O–H groups in total. The SMILES string of the molecule is CC1(C)OCC(C(F)F)NC1=O. The van der Waals surface area contributed by atoms with Crippen LogP contribution in [0.3, 0.4) is 0 Å². The molecule has 1 unspecified atom stereocenters. The van der Waals surface area contributed by atoms with Gasteiger partial charge in [-0.1, -0.05) is 0 Å². The fourth-order valence-corrected chi connectivity index (χ4v) is 0.883. The zero-order chi connectivity index (χ0) is 9.35. The minimum Gasteiger partial charge on any atom is -0.363 e. The number of carbonyl (C=O) groups excluding carboxylic acids is 1. The number of carbonyl (C=O) groups is 1. The first-order valence-electron chi connectivity index (χ1n) is 3.66. The molecule has 0 aromatic heterocycles. The lowest BCUT2D eigenvalue weighted by Gasteiger charge is -2.33. The van der Waals surface area contributed by atoms with Gasteiger partial charge >= 0.3 is 0 Å². The van der Waals surface area contributed by atoms with Crippen molar-refractivity contribution in [3.63, 3.8) is 0 Å². The number of ether oxygens (including phenoxy) is 1. The molecule has 0 saturated carbocycles. The molecule has 1 heterocycles. The van der Waals surface area contributed by atoms with E-state index in [0.717, 1.165) is 0 Å². The topological polar surface area (TPSA) is 38.3 Å². The standard InChI is InChI=1S/C7H11F2NO2/c1-7(2)6(11)10-4(3-12-7)5(8)9/h4-5H,3H2,1-2H3,(H,10,11). The summed E-state index contributed by atoms with van der Waals surface area (Å²) in [6.45, 7) is 2.96. The molecule has 3 nitrogen and oxygen atoms in total. The zero-order valence-corrected chi connectivity index (χ0v) is 6.93. The van der Waals surface area contributed by atoms with Gasteiger partial charge in [0.1, 0.15) is 11.6 Å². The minimum atomic E-state index is -2.56. The summed E-state index contributed by atoms with van der Waals surface area (Å²) < 4.78 is 29.1. The Kier molecular flexibility index (Phi) is 2.32. The zero-order valence-electron chi connectivity index (χ0n) is 6.93. The summed E-state index contributed by atoms with van der Waals surface area (Å²) in [6, 6.07) is -1.16. The van der Waals surface area contributed by atoms with Gasteiger partial charge in [-0.15, -0.1) is 0 Å². The molecule has 70 valence electrons. The Morgan fingerprint density at radius 2 is 2.25 bits per heavy atom. The molecule has 1 amide bonds. The Labute approximate surface area is 69.1 Å². The highest BCUT2D eigenvalue weighted by atomic mass is 19.3. The van der Waals surface area contributed by atoms with Crippen LogP contribution in [-0.4, -0.2) is 30.6 Å². The number of nitrogens with one attached hydrogen (secondary N) is 1. The van der Waals surface area contributed by atoms with Gasteiger partial charge in [0.05, 0.1) is 6.61 Å². The largest absolute Gasteiger partial charge is 0.363 e. The van der Waals surface area contributed by atoms with Crippen LogP contribution >= 0.6 is 0 Å². The lowest BCUT2D eigenvalue weighted by atomic mass is 10.1. The maximum Gasteiger partial charge on any atom is 0.260 e. The highest BCUT2D eigenvalue weighted by Gasteiger charge is 2.38. The number of rotatable bonds is 1. The van der Waals surface area contributed by atoms with E-state index in [9.17, 15) is 13.6 Å². The van der Waals surface area contributed by atoms with Crippen LogP contribution in [0.2, 0.25) is 0 Å². The Morgan fingerprint density at radius 3 is 2.67 bits per heavy atom. The molecule has 0 spiro atoms. The van der Waals surface area contributed by atoms with Crippen molar-refractivity contribution in [2.24, 2.45) is 0 Å². The van der Waals surface area contributed by atoms with Crippen LogP contribution in [-0.2, 0) is 9.53 Å². The van der Waals surface area contributed by atoms with Gasteiger partial charge in [0.25, 0.3) is 12.3 Å². The number of alkyl halides is 2. The van der Waals surface area contributed by atoms with Gasteiger partial charge in [-0.25, -0.2) is 8.78 Å². The highest BCUT2D eigenvalue weighted by molar-refractivity contribution is 5.85. The summed E-state index contributed by atoms with van der Waals surface area (Å²) in [6.07, 6.45) is -2.56. The fourth-order valence-electron chi connectivity index (χ4n) is 0.883. The van der Waals surface area contributed by atoms with Crippen LogP contribution in [0.25, 0.3) is 0 Å².